The number of nitrogens with zero attached hydrogens (tertiary/aromatic N) is 1. The minimum atomic E-state index is -0.381. The highest BCUT2D eigenvalue weighted by Gasteiger charge is 2.14. The van der Waals surface area contributed by atoms with Crippen molar-refractivity contribution in [3.8, 4) is 11.5 Å². The number of anilines is 1. The summed E-state index contributed by atoms with van der Waals surface area (Å²) in [5, 5.41) is 0. The van der Waals surface area contributed by atoms with Gasteiger partial charge in [-0.05, 0) is 49.5 Å². The Morgan fingerprint density at radius 1 is 1.04 bits per heavy atom. The molecule has 0 amide bonds. The Bertz CT molecular complexity index is 652. The van der Waals surface area contributed by atoms with E-state index in [4.69, 9.17) is 15.2 Å². The zero-order valence-corrected chi connectivity index (χ0v) is 14.2. The van der Waals surface area contributed by atoms with Crippen molar-refractivity contribution in [1.82, 2.24) is 4.90 Å². The molecule has 0 unspecified atom stereocenters. The molecule has 0 spiro atoms. The van der Waals surface area contributed by atoms with Gasteiger partial charge in [-0.15, -0.1) is 0 Å². The third kappa shape index (κ3) is 4.99. The molecule has 0 fully saturated rings. The minimum Gasteiger partial charge on any atom is -0.461 e. The second-order valence-electron chi connectivity index (χ2n) is 5.33. The fourth-order valence-corrected chi connectivity index (χ4v) is 2.27. The maximum Gasteiger partial charge on any atom is 0.341 e. The number of ether oxygens (including phenoxy) is 2. The molecule has 2 rings (SSSR count). The number of benzene rings is 2. The quantitative estimate of drug-likeness (QED) is 0.593. The van der Waals surface area contributed by atoms with Crippen molar-refractivity contribution < 1.29 is 14.3 Å². The van der Waals surface area contributed by atoms with Gasteiger partial charge in [0.25, 0.3) is 0 Å². The topological polar surface area (TPSA) is 64.8 Å². The molecule has 0 bridgehead atoms. The van der Waals surface area contributed by atoms with Gasteiger partial charge < -0.3 is 20.1 Å². The van der Waals surface area contributed by atoms with Crippen molar-refractivity contribution >= 4 is 11.7 Å². The van der Waals surface area contributed by atoms with Crippen LogP contribution in [0.15, 0.2) is 48.5 Å². The number of carbonyl (C=O) groups excluding carboxylic acids is 1. The summed E-state index contributed by atoms with van der Waals surface area (Å²) in [6.45, 7) is 7.12. The van der Waals surface area contributed by atoms with Crippen molar-refractivity contribution in [2.75, 3.05) is 32.0 Å². The van der Waals surface area contributed by atoms with Gasteiger partial charge in [0.2, 0.25) is 0 Å². The maximum absolute atomic E-state index is 12.3. The van der Waals surface area contributed by atoms with E-state index < -0.39 is 0 Å². The van der Waals surface area contributed by atoms with Gasteiger partial charge >= 0.3 is 5.97 Å². The Morgan fingerprint density at radius 2 is 1.71 bits per heavy atom. The molecule has 0 atom stereocenters. The van der Waals surface area contributed by atoms with Gasteiger partial charge in [-0.2, -0.15) is 0 Å². The van der Waals surface area contributed by atoms with Crippen molar-refractivity contribution in [2.24, 2.45) is 0 Å². The molecule has 128 valence electrons. The van der Waals surface area contributed by atoms with E-state index in [1.807, 2.05) is 6.07 Å². The van der Waals surface area contributed by atoms with Crippen molar-refractivity contribution in [3.63, 3.8) is 0 Å². The average Bonchev–Trinajstić information content (AvgIpc) is 2.61. The summed E-state index contributed by atoms with van der Waals surface area (Å²) in [7, 11) is 0. The van der Waals surface area contributed by atoms with Crippen molar-refractivity contribution in [3.05, 3.63) is 54.1 Å². The monoisotopic (exact) mass is 328 g/mol. The van der Waals surface area contributed by atoms with Crippen molar-refractivity contribution in [1.29, 1.82) is 0 Å². The zero-order chi connectivity index (χ0) is 17.4. The van der Waals surface area contributed by atoms with Crippen LogP contribution in [0.3, 0.4) is 0 Å². The second-order valence-corrected chi connectivity index (χ2v) is 5.33. The summed E-state index contributed by atoms with van der Waals surface area (Å²) >= 11 is 0. The molecule has 0 radical (unpaired) electrons. The number of hydrogen-bond donors (Lipinski definition) is 1. The summed E-state index contributed by atoms with van der Waals surface area (Å²) in [4.78, 5) is 14.5. The van der Waals surface area contributed by atoms with E-state index in [1.165, 1.54) is 0 Å². The van der Waals surface area contributed by atoms with Crippen LogP contribution in [0.4, 0.5) is 5.69 Å². The van der Waals surface area contributed by atoms with Gasteiger partial charge in [-0.25, -0.2) is 4.79 Å². The molecule has 2 aromatic rings. The van der Waals surface area contributed by atoms with Gasteiger partial charge in [0, 0.05) is 12.2 Å². The van der Waals surface area contributed by atoms with Crippen LogP contribution in [0.2, 0.25) is 0 Å². The highest BCUT2D eigenvalue weighted by atomic mass is 16.5. The van der Waals surface area contributed by atoms with Crippen LogP contribution < -0.4 is 10.5 Å². The normalized spacial score (nSPS) is 10.6. The van der Waals surface area contributed by atoms with Crippen LogP contribution in [0.1, 0.15) is 24.2 Å². The number of carbonyl (C=O) groups is 1. The van der Waals surface area contributed by atoms with E-state index in [9.17, 15) is 4.79 Å². The van der Waals surface area contributed by atoms with Gasteiger partial charge in [-0.1, -0.05) is 26.0 Å². The first-order chi connectivity index (χ1) is 11.6. The lowest BCUT2D eigenvalue weighted by atomic mass is 10.2. The lowest BCUT2D eigenvalue weighted by Crippen LogP contribution is -2.27. The molecule has 0 saturated heterocycles. The Balaban J connectivity index is 2.02. The number of esters is 1. The first kappa shape index (κ1) is 17.8. The number of hydrogen-bond acceptors (Lipinski definition) is 5. The third-order valence-corrected chi connectivity index (χ3v) is 3.75. The molecule has 0 aliphatic carbocycles. The molecule has 0 aromatic heterocycles. The molecule has 0 aliphatic rings. The van der Waals surface area contributed by atoms with E-state index >= 15 is 0 Å². The summed E-state index contributed by atoms with van der Waals surface area (Å²) in [5.41, 5.74) is 6.74. The fourth-order valence-electron chi connectivity index (χ4n) is 2.27. The van der Waals surface area contributed by atoms with E-state index in [0.717, 1.165) is 19.6 Å². The van der Waals surface area contributed by atoms with Crippen LogP contribution in [-0.2, 0) is 4.74 Å². The van der Waals surface area contributed by atoms with Crippen molar-refractivity contribution in [2.45, 2.75) is 13.8 Å². The molecule has 2 aromatic carbocycles. The molecular weight excluding hydrogens is 304 g/mol. The highest BCUT2D eigenvalue weighted by Crippen LogP contribution is 2.26. The molecule has 0 heterocycles. The predicted octanol–water partition coefficient (Wildman–Crippen LogP) is 3.56. The highest BCUT2D eigenvalue weighted by molar-refractivity contribution is 5.92. The molecular formula is C19H24N2O3. The SMILES string of the molecule is CCN(CC)CCOC(=O)c1ccccc1Oc1ccc(N)cc1. The first-order valence-electron chi connectivity index (χ1n) is 8.16. The molecule has 5 nitrogen and oxygen atoms in total. The van der Waals surface area contributed by atoms with Gasteiger partial charge in [-0.3, -0.25) is 0 Å². The average molecular weight is 328 g/mol. The van der Waals surface area contributed by atoms with Gasteiger partial charge in [0.05, 0.1) is 0 Å². The Kier molecular flexibility index (Phi) is 6.63. The standard InChI is InChI=1S/C19H24N2O3/c1-3-21(4-2)13-14-23-19(22)17-7-5-6-8-18(17)24-16-11-9-15(20)10-12-16/h5-12H,3-4,13-14,20H2,1-2H3. The number of likely N-dealkylation sites (N-methyl/N-ethyl adjacent to an activating group) is 1. The summed E-state index contributed by atoms with van der Waals surface area (Å²) < 4.78 is 11.2. The second kappa shape index (κ2) is 8.93. The molecule has 24 heavy (non-hydrogen) atoms. The van der Waals surface area contributed by atoms with Crippen LogP contribution in [0.5, 0.6) is 11.5 Å². The summed E-state index contributed by atoms with van der Waals surface area (Å²) in [5.74, 6) is 0.705. The zero-order valence-electron chi connectivity index (χ0n) is 14.2. The van der Waals surface area contributed by atoms with E-state index in [2.05, 4.69) is 18.7 Å². The molecule has 5 heteroatoms. The maximum atomic E-state index is 12.3. The minimum absolute atomic E-state index is 0.358. The molecule has 2 N–H and O–H groups in total. The fraction of sp³-hybridized carbons (Fsp3) is 0.316. The van der Waals surface area contributed by atoms with E-state index in [-0.39, 0.29) is 5.97 Å². The van der Waals surface area contributed by atoms with Crippen LogP contribution in [0.25, 0.3) is 0 Å². The predicted molar refractivity (Wildman–Crippen MR) is 95.4 cm³/mol. The lowest BCUT2D eigenvalue weighted by molar-refractivity contribution is 0.0463. The van der Waals surface area contributed by atoms with Crippen LogP contribution >= 0.6 is 0 Å². The molecule has 0 aliphatic heterocycles. The number of nitrogens with two attached hydrogens (primary N) is 1. The van der Waals surface area contributed by atoms with Gasteiger partial charge in [0.1, 0.15) is 23.7 Å². The summed E-state index contributed by atoms with van der Waals surface area (Å²) in [6.07, 6.45) is 0. The largest absolute Gasteiger partial charge is 0.461 e. The van der Waals surface area contributed by atoms with E-state index in [0.29, 0.717) is 29.4 Å². The molecule has 0 saturated carbocycles. The number of rotatable bonds is 8. The smallest absolute Gasteiger partial charge is 0.341 e. The lowest BCUT2D eigenvalue weighted by Gasteiger charge is -2.17. The number of nitrogen functional groups attached to an aromatic ring is 1. The van der Waals surface area contributed by atoms with Gasteiger partial charge in [0.15, 0.2) is 0 Å². The Labute approximate surface area is 143 Å². The number of para-hydroxylation sites is 1. The Hall–Kier alpha value is -2.53. The summed E-state index contributed by atoms with van der Waals surface area (Å²) in [6, 6.07) is 14.1. The first-order valence-corrected chi connectivity index (χ1v) is 8.16. The third-order valence-electron chi connectivity index (χ3n) is 3.75. The van der Waals surface area contributed by atoms with Crippen LogP contribution in [0, 0.1) is 0 Å². The Morgan fingerprint density at radius 3 is 2.38 bits per heavy atom. The van der Waals surface area contributed by atoms with E-state index in [1.54, 1.807) is 42.5 Å². The van der Waals surface area contributed by atoms with Crippen LogP contribution in [-0.4, -0.2) is 37.1 Å².